The zero-order chi connectivity index (χ0) is 15.0. The molecule has 0 aliphatic rings. The van der Waals surface area contributed by atoms with E-state index in [1.54, 1.807) is 0 Å². The fraction of sp³-hybridized carbons (Fsp3) is 0.333. The Morgan fingerprint density at radius 1 is 1.35 bits per heavy atom. The summed E-state index contributed by atoms with van der Waals surface area (Å²) >= 11 is 1.45. The van der Waals surface area contributed by atoms with E-state index in [-0.39, 0.29) is 10.8 Å². The van der Waals surface area contributed by atoms with Crippen LogP contribution in [0, 0.1) is 11.3 Å². The quantitative estimate of drug-likeness (QED) is 0.737. The SMILES string of the molecule is N#CCCCSCC(=O)Nc1ccc(S(N)(=O)=O)cc1. The second-order valence-corrected chi connectivity index (χ2v) is 6.60. The summed E-state index contributed by atoms with van der Waals surface area (Å²) in [6.07, 6.45) is 1.25. The summed E-state index contributed by atoms with van der Waals surface area (Å²) in [6, 6.07) is 7.68. The molecule has 108 valence electrons. The number of nitriles is 1. The number of carbonyl (C=O) groups is 1. The molecule has 8 heteroatoms. The molecule has 1 aromatic rings. The number of hydrogen-bond donors (Lipinski definition) is 2. The average molecular weight is 313 g/mol. The van der Waals surface area contributed by atoms with E-state index in [4.69, 9.17) is 10.4 Å². The molecule has 0 aliphatic heterocycles. The predicted octanol–water partition coefficient (Wildman–Crippen LogP) is 1.31. The molecule has 20 heavy (non-hydrogen) atoms. The first-order valence-electron chi connectivity index (χ1n) is 5.81. The molecule has 0 heterocycles. The Labute approximate surface area is 122 Å². The van der Waals surface area contributed by atoms with Crippen LogP contribution in [0.25, 0.3) is 0 Å². The van der Waals surface area contributed by atoms with Crippen molar-refractivity contribution >= 4 is 33.4 Å². The van der Waals surface area contributed by atoms with Crippen LogP contribution >= 0.6 is 11.8 Å². The number of benzene rings is 1. The lowest BCUT2D eigenvalue weighted by Crippen LogP contribution is -2.15. The Bertz CT molecular complexity index is 591. The second kappa shape index (κ2) is 7.89. The van der Waals surface area contributed by atoms with Gasteiger partial charge in [-0.3, -0.25) is 4.79 Å². The van der Waals surface area contributed by atoms with Crippen LogP contribution in [0.4, 0.5) is 5.69 Å². The fourth-order valence-electron chi connectivity index (χ4n) is 1.34. The van der Waals surface area contributed by atoms with Gasteiger partial charge < -0.3 is 5.32 Å². The minimum absolute atomic E-state index is 0.00128. The first-order valence-corrected chi connectivity index (χ1v) is 8.51. The highest BCUT2D eigenvalue weighted by atomic mass is 32.2. The molecule has 0 radical (unpaired) electrons. The van der Waals surface area contributed by atoms with Crippen LogP contribution in [0.2, 0.25) is 0 Å². The Morgan fingerprint density at radius 3 is 2.55 bits per heavy atom. The largest absolute Gasteiger partial charge is 0.325 e. The molecule has 3 N–H and O–H groups in total. The highest BCUT2D eigenvalue weighted by Gasteiger charge is 2.08. The summed E-state index contributed by atoms with van der Waals surface area (Å²) in [6.45, 7) is 0. The lowest BCUT2D eigenvalue weighted by molar-refractivity contribution is -0.113. The van der Waals surface area contributed by atoms with Gasteiger partial charge in [-0.05, 0) is 36.4 Å². The average Bonchev–Trinajstić information content (AvgIpc) is 2.38. The number of nitrogens with two attached hydrogens (primary N) is 1. The summed E-state index contributed by atoms with van der Waals surface area (Å²) < 4.78 is 22.1. The maximum atomic E-state index is 11.6. The van der Waals surface area contributed by atoms with Gasteiger partial charge in [-0.2, -0.15) is 17.0 Å². The van der Waals surface area contributed by atoms with Crippen LogP contribution in [0.5, 0.6) is 0 Å². The molecular weight excluding hydrogens is 298 g/mol. The van der Waals surface area contributed by atoms with Gasteiger partial charge in [-0.1, -0.05) is 0 Å². The van der Waals surface area contributed by atoms with Crippen LogP contribution in [-0.4, -0.2) is 25.8 Å². The van der Waals surface area contributed by atoms with Crippen molar-refractivity contribution in [2.45, 2.75) is 17.7 Å². The van der Waals surface area contributed by atoms with Crippen molar-refractivity contribution < 1.29 is 13.2 Å². The fourth-order valence-corrected chi connectivity index (χ4v) is 2.61. The standard InChI is InChI=1S/C12H15N3O3S2/c13-7-1-2-8-19-9-12(16)15-10-3-5-11(6-4-10)20(14,17)18/h3-6H,1-2,8-9H2,(H,15,16)(H2,14,17,18). The molecule has 0 aromatic heterocycles. The lowest BCUT2D eigenvalue weighted by Gasteiger charge is -2.05. The molecule has 0 fully saturated rings. The molecule has 0 unspecified atom stereocenters. The number of amides is 1. The zero-order valence-electron chi connectivity index (χ0n) is 10.7. The van der Waals surface area contributed by atoms with Crippen molar-refractivity contribution in [3.8, 4) is 6.07 Å². The van der Waals surface area contributed by atoms with E-state index < -0.39 is 10.0 Å². The van der Waals surface area contributed by atoms with E-state index in [1.807, 2.05) is 6.07 Å². The normalized spacial score (nSPS) is 10.8. The van der Waals surface area contributed by atoms with E-state index in [1.165, 1.54) is 36.0 Å². The summed E-state index contributed by atoms with van der Waals surface area (Å²) in [7, 11) is -3.71. The van der Waals surface area contributed by atoms with Crippen molar-refractivity contribution in [1.29, 1.82) is 5.26 Å². The van der Waals surface area contributed by atoms with Gasteiger partial charge in [0, 0.05) is 12.1 Å². The van der Waals surface area contributed by atoms with E-state index in [0.29, 0.717) is 17.9 Å². The third-order valence-corrected chi connectivity index (χ3v) is 4.25. The molecule has 0 atom stereocenters. The van der Waals surface area contributed by atoms with E-state index in [9.17, 15) is 13.2 Å². The Kier molecular flexibility index (Phi) is 6.51. The number of carbonyl (C=O) groups excluding carboxylic acids is 1. The van der Waals surface area contributed by atoms with Gasteiger partial charge in [-0.15, -0.1) is 0 Å². The van der Waals surface area contributed by atoms with Gasteiger partial charge in [0.05, 0.1) is 16.7 Å². The van der Waals surface area contributed by atoms with Crippen LogP contribution in [0.1, 0.15) is 12.8 Å². The third kappa shape index (κ3) is 6.06. The summed E-state index contributed by atoms with van der Waals surface area (Å²) in [5.41, 5.74) is 0.514. The number of rotatable bonds is 7. The Hall–Kier alpha value is -1.56. The molecule has 0 bridgehead atoms. The second-order valence-electron chi connectivity index (χ2n) is 3.93. The van der Waals surface area contributed by atoms with Gasteiger partial charge in [0.25, 0.3) is 0 Å². The maximum Gasteiger partial charge on any atom is 0.238 e. The number of nitrogens with one attached hydrogen (secondary N) is 1. The van der Waals surface area contributed by atoms with Gasteiger partial charge in [0.15, 0.2) is 0 Å². The number of unbranched alkanes of at least 4 members (excludes halogenated alkanes) is 1. The predicted molar refractivity (Wildman–Crippen MR) is 78.6 cm³/mol. The van der Waals surface area contributed by atoms with Gasteiger partial charge >= 0.3 is 0 Å². The first kappa shape index (κ1) is 16.5. The van der Waals surface area contributed by atoms with Gasteiger partial charge in [0.2, 0.25) is 15.9 Å². The Balaban J connectivity index is 2.41. The molecular formula is C12H15N3O3S2. The number of hydrogen-bond acceptors (Lipinski definition) is 5. The molecule has 0 aliphatic carbocycles. The summed E-state index contributed by atoms with van der Waals surface area (Å²) in [5, 5.41) is 16.0. The molecule has 1 amide bonds. The molecule has 0 spiro atoms. The summed E-state index contributed by atoms with van der Waals surface area (Å²) in [4.78, 5) is 11.6. The number of anilines is 1. The van der Waals surface area contributed by atoms with Crippen LogP contribution < -0.4 is 10.5 Å². The number of sulfonamides is 1. The van der Waals surface area contributed by atoms with Gasteiger partial charge in [0.1, 0.15) is 0 Å². The van der Waals surface area contributed by atoms with Crippen LogP contribution in [0.3, 0.4) is 0 Å². The number of thioether (sulfide) groups is 1. The highest BCUT2D eigenvalue weighted by Crippen LogP contribution is 2.13. The van der Waals surface area contributed by atoms with E-state index in [0.717, 1.165) is 12.2 Å². The minimum Gasteiger partial charge on any atom is -0.325 e. The molecule has 1 rings (SSSR count). The first-order chi connectivity index (χ1) is 9.43. The summed E-state index contributed by atoms with van der Waals surface area (Å²) in [5.74, 6) is 0.878. The molecule has 0 saturated carbocycles. The topological polar surface area (TPSA) is 113 Å². The van der Waals surface area contributed by atoms with E-state index in [2.05, 4.69) is 5.32 Å². The number of nitrogens with zero attached hydrogens (tertiary/aromatic N) is 1. The van der Waals surface area contributed by atoms with Crippen molar-refractivity contribution in [3.05, 3.63) is 24.3 Å². The van der Waals surface area contributed by atoms with E-state index >= 15 is 0 Å². The molecule has 0 saturated heterocycles. The van der Waals surface area contributed by atoms with Gasteiger partial charge in [-0.25, -0.2) is 13.6 Å². The van der Waals surface area contributed by atoms with Crippen LogP contribution in [0.15, 0.2) is 29.2 Å². The van der Waals surface area contributed by atoms with Crippen molar-refractivity contribution in [2.75, 3.05) is 16.8 Å². The van der Waals surface area contributed by atoms with Crippen molar-refractivity contribution in [2.24, 2.45) is 5.14 Å². The van der Waals surface area contributed by atoms with Crippen molar-refractivity contribution in [1.82, 2.24) is 0 Å². The highest BCUT2D eigenvalue weighted by molar-refractivity contribution is 7.99. The lowest BCUT2D eigenvalue weighted by atomic mass is 10.3. The molecule has 6 nitrogen and oxygen atoms in total. The third-order valence-electron chi connectivity index (χ3n) is 2.28. The maximum absolute atomic E-state index is 11.6. The zero-order valence-corrected chi connectivity index (χ0v) is 12.3. The van der Waals surface area contributed by atoms with Crippen molar-refractivity contribution in [3.63, 3.8) is 0 Å². The number of primary sulfonamides is 1. The molecule has 1 aromatic carbocycles. The smallest absolute Gasteiger partial charge is 0.238 e. The van der Waals surface area contributed by atoms with Crippen LogP contribution in [-0.2, 0) is 14.8 Å². The monoisotopic (exact) mass is 313 g/mol. The Morgan fingerprint density at radius 2 is 2.00 bits per heavy atom. The minimum atomic E-state index is -3.71.